The number of rotatable bonds is 1. The molecule has 9 heavy (non-hydrogen) atoms. The zero-order valence-electron chi connectivity index (χ0n) is 5.35. The lowest BCUT2D eigenvalue weighted by Gasteiger charge is -2.14. The maximum absolute atomic E-state index is 5.65. The summed E-state index contributed by atoms with van der Waals surface area (Å²) in [6.07, 6.45) is 5.15. The molecule has 2 bridgehead atoms. The van der Waals surface area contributed by atoms with Gasteiger partial charge in [0.1, 0.15) is 0 Å². The van der Waals surface area contributed by atoms with Crippen LogP contribution in [0.15, 0.2) is 0 Å². The maximum atomic E-state index is 5.65. The first-order chi connectivity index (χ1) is 4.40. The van der Waals surface area contributed by atoms with Crippen molar-refractivity contribution in [1.29, 1.82) is 0 Å². The Hall–Kier alpha value is 0.440. The largest absolute Gasteiger partial charge is 0.375 e. The predicted octanol–water partition coefficient (Wildman–Crippen LogP) is 1.95. The third-order valence-corrected chi connectivity index (χ3v) is 3.26. The summed E-state index contributed by atoms with van der Waals surface area (Å²) in [7, 11) is 0. The molecule has 2 heterocycles. The van der Waals surface area contributed by atoms with Gasteiger partial charge in [-0.3, -0.25) is 0 Å². The predicted molar refractivity (Wildman–Crippen MR) is 39.8 cm³/mol. The third-order valence-electron chi connectivity index (χ3n) is 2.43. The van der Waals surface area contributed by atoms with Crippen LogP contribution >= 0.6 is 15.9 Å². The van der Waals surface area contributed by atoms with Crippen LogP contribution in [0.3, 0.4) is 0 Å². The summed E-state index contributed by atoms with van der Waals surface area (Å²) in [5, 5.41) is 1.13. The molecule has 2 saturated heterocycles. The van der Waals surface area contributed by atoms with Crippen LogP contribution < -0.4 is 0 Å². The molecule has 2 rings (SSSR count). The Balaban J connectivity index is 2.01. The smallest absolute Gasteiger partial charge is 0.0616 e. The molecule has 0 N–H and O–H groups in total. The first-order valence-corrected chi connectivity index (χ1v) is 4.73. The van der Waals surface area contributed by atoms with Crippen molar-refractivity contribution in [2.45, 2.75) is 31.5 Å². The molecule has 2 aliphatic rings. The molecule has 0 aromatic rings. The summed E-state index contributed by atoms with van der Waals surface area (Å²) in [6.45, 7) is 0. The second-order valence-corrected chi connectivity index (χ2v) is 3.67. The number of hydrogen-bond donors (Lipinski definition) is 0. The lowest BCUT2D eigenvalue weighted by molar-refractivity contribution is 0.0956. The fourth-order valence-corrected chi connectivity index (χ4v) is 2.59. The summed E-state index contributed by atoms with van der Waals surface area (Å²) in [6, 6.07) is 0. The fraction of sp³-hybridized carbons (Fsp3) is 1.00. The molecule has 0 aliphatic carbocycles. The Kier molecular flexibility index (Phi) is 1.54. The van der Waals surface area contributed by atoms with Gasteiger partial charge in [0.15, 0.2) is 0 Å². The van der Waals surface area contributed by atoms with Crippen molar-refractivity contribution >= 4 is 15.9 Å². The monoisotopic (exact) mass is 190 g/mol. The molecule has 0 radical (unpaired) electrons. The molecule has 0 saturated carbocycles. The van der Waals surface area contributed by atoms with E-state index < -0.39 is 0 Å². The van der Waals surface area contributed by atoms with Crippen LogP contribution in [0.25, 0.3) is 0 Å². The van der Waals surface area contributed by atoms with Crippen molar-refractivity contribution in [2.75, 3.05) is 5.33 Å². The van der Waals surface area contributed by atoms with Crippen LogP contribution in [0.4, 0.5) is 0 Å². The van der Waals surface area contributed by atoms with Crippen LogP contribution in [-0.2, 0) is 4.74 Å². The average molecular weight is 191 g/mol. The van der Waals surface area contributed by atoms with Crippen LogP contribution in [0.2, 0.25) is 0 Å². The van der Waals surface area contributed by atoms with Gasteiger partial charge in [0.2, 0.25) is 0 Å². The highest BCUT2D eigenvalue weighted by Gasteiger charge is 2.39. The van der Waals surface area contributed by atoms with Gasteiger partial charge in [0.05, 0.1) is 12.2 Å². The van der Waals surface area contributed by atoms with Crippen molar-refractivity contribution < 1.29 is 4.74 Å². The third kappa shape index (κ3) is 0.926. The van der Waals surface area contributed by atoms with Gasteiger partial charge >= 0.3 is 0 Å². The lowest BCUT2D eigenvalue weighted by atomic mass is 9.91. The standard InChI is InChI=1S/C7H11BrO/c8-4-5-3-6-1-2-7(5)9-6/h5-7H,1-4H2/t5-,6-,7-/m1/s1. The minimum Gasteiger partial charge on any atom is -0.375 e. The van der Waals surface area contributed by atoms with Crippen LogP contribution in [0, 0.1) is 5.92 Å². The van der Waals surface area contributed by atoms with E-state index in [4.69, 9.17) is 4.74 Å². The summed E-state index contributed by atoms with van der Waals surface area (Å²) in [4.78, 5) is 0. The molecular weight excluding hydrogens is 180 g/mol. The molecule has 0 spiro atoms. The topological polar surface area (TPSA) is 9.23 Å². The molecule has 0 unspecified atom stereocenters. The Morgan fingerprint density at radius 1 is 1.44 bits per heavy atom. The molecule has 2 aliphatic heterocycles. The highest BCUT2D eigenvalue weighted by atomic mass is 79.9. The van der Waals surface area contributed by atoms with Crippen molar-refractivity contribution in [2.24, 2.45) is 5.92 Å². The van der Waals surface area contributed by atoms with E-state index in [0.717, 1.165) is 11.2 Å². The van der Waals surface area contributed by atoms with E-state index in [9.17, 15) is 0 Å². The van der Waals surface area contributed by atoms with Gasteiger partial charge < -0.3 is 4.74 Å². The number of hydrogen-bond acceptors (Lipinski definition) is 1. The molecular formula is C7H11BrO. The molecule has 1 nitrogen and oxygen atoms in total. The summed E-state index contributed by atoms with van der Waals surface area (Å²) < 4.78 is 5.65. The molecule has 52 valence electrons. The van der Waals surface area contributed by atoms with Crippen molar-refractivity contribution in [3.63, 3.8) is 0 Å². The average Bonchev–Trinajstić information content (AvgIpc) is 2.45. The molecule has 3 atom stereocenters. The van der Waals surface area contributed by atoms with E-state index in [0.29, 0.717) is 12.2 Å². The van der Waals surface area contributed by atoms with E-state index >= 15 is 0 Å². The van der Waals surface area contributed by atoms with Gasteiger partial charge in [-0.2, -0.15) is 0 Å². The second-order valence-electron chi connectivity index (χ2n) is 3.02. The first-order valence-electron chi connectivity index (χ1n) is 3.61. The van der Waals surface area contributed by atoms with Gasteiger partial charge in [-0.1, -0.05) is 15.9 Å². The van der Waals surface area contributed by atoms with Crippen LogP contribution in [0.1, 0.15) is 19.3 Å². The van der Waals surface area contributed by atoms with E-state index in [1.807, 2.05) is 0 Å². The van der Waals surface area contributed by atoms with Crippen LogP contribution in [0.5, 0.6) is 0 Å². The van der Waals surface area contributed by atoms with Gasteiger partial charge in [-0.15, -0.1) is 0 Å². The molecule has 2 heteroatoms. The molecule has 0 amide bonds. The molecule has 0 aromatic heterocycles. The minimum atomic E-state index is 0.606. The summed E-state index contributed by atoms with van der Waals surface area (Å²) >= 11 is 3.50. The van der Waals surface area contributed by atoms with Gasteiger partial charge in [0, 0.05) is 5.33 Å². The summed E-state index contributed by atoms with van der Waals surface area (Å²) in [5.74, 6) is 0.823. The first kappa shape index (κ1) is 6.17. The van der Waals surface area contributed by atoms with E-state index in [1.54, 1.807) is 0 Å². The van der Waals surface area contributed by atoms with Crippen LogP contribution in [-0.4, -0.2) is 17.5 Å². The number of alkyl halides is 1. The molecule has 0 aromatic carbocycles. The van der Waals surface area contributed by atoms with Crippen molar-refractivity contribution in [3.05, 3.63) is 0 Å². The van der Waals surface area contributed by atoms with E-state index in [2.05, 4.69) is 15.9 Å². The van der Waals surface area contributed by atoms with Gasteiger partial charge in [-0.25, -0.2) is 0 Å². The Bertz CT molecular complexity index is 115. The highest BCUT2D eigenvalue weighted by molar-refractivity contribution is 9.09. The molecule has 2 fully saturated rings. The number of fused-ring (bicyclic) bond motifs is 2. The quantitative estimate of drug-likeness (QED) is 0.575. The van der Waals surface area contributed by atoms with Crippen molar-refractivity contribution in [1.82, 2.24) is 0 Å². The highest BCUT2D eigenvalue weighted by Crippen LogP contribution is 2.39. The number of halogens is 1. The Morgan fingerprint density at radius 2 is 2.33 bits per heavy atom. The van der Waals surface area contributed by atoms with Crippen molar-refractivity contribution in [3.8, 4) is 0 Å². The van der Waals surface area contributed by atoms with E-state index in [-0.39, 0.29) is 0 Å². The maximum Gasteiger partial charge on any atom is 0.0616 e. The van der Waals surface area contributed by atoms with E-state index in [1.165, 1.54) is 19.3 Å². The SMILES string of the molecule is BrC[C@H]1C[C@H]2CC[C@H]1O2. The second kappa shape index (κ2) is 2.24. The summed E-state index contributed by atoms with van der Waals surface area (Å²) in [5.41, 5.74) is 0. The fourth-order valence-electron chi connectivity index (χ4n) is 1.91. The number of ether oxygens (including phenoxy) is 1. The zero-order chi connectivity index (χ0) is 6.27. The Labute approximate surface area is 63.9 Å². The zero-order valence-corrected chi connectivity index (χ0v) is 6.93. The minimum absolute atomic E-state index is 0.606. The Morgan fingerprint density at radius 3 is 2.67 bits per heavy atom. The normalized spacial score (nSPS) is 48.3. The van der Waals surface area contributed by atoms with Gasteiger partial charge in [-0.05, 0) is 25.2 Å². The lowest BCUT2D eigenvalue weighted by Crippen LogP contribution is -2.16. The van der Waals surface area contributed by atoms with Gasteiger partial charge in [0.25, 0.3) is 0 Å².